The Labute approximate surface area is 121 Å². The average molecular weight is 297 g/mol. The molecule has 2 heterocycles. The summed E-state index contributed by atoms with van der Waals surface area (Å²) in [6, 6.07) is 3.39. The zero-order chi connectivity index (χ0) is 14.5. The highest BCUT2D eigenvalue weighted by Gasteiger charge is 2.21. The predicted octanol–water partition coefficient (Wildman–Crippen LogP) is 3.73. The molecule has 2 rings (SSSR count). The van der Waals surface area contributed by atoms with Crippen LogP contribution in [0.5, 0.6) is 11.6 Å². The first-order chi connectivity index (χ1) is 9.69. The van der Waals surface area contributed by atoms with Gasteiger partial charge < -0.3 is 9.47 Å². The van der Waals surface area contributed by atoms with E-state index in [1.165, 1.54) is 13.3 Å². The predicted molar refractivity (Wildman–Crippen MR) is 74.8 cm³/mol. The maximum absolute atomic E-state index is 14.3. The Morgan fingerprint density at radius 2 is 2.20 bits per heavy atom. The molecule has 2 aromatic heterocycles. The van der Waals surface area contributed by atoms with E-state index in [0.29, 0.717) is 12.2 Å². The molecule has 0 aliphatic carbocycles. The van der Waals surface area contributed by atoms with E-state index >= 15 is 0 Å². The first kappa shape index (κ1) is 14.5. The van der Waals surface area contributed by atoms with Crippen LogP contribution in [-0.4, -0.2) is 23.7 Å². The highest BCUT2D eigenvalue weighted by Crippen LogP contribution is 2.39. The molecule has 0 unspecified atom stereocenters. The van der Waals surface area contributed by atoms with E-state index in [9.17, 15) is 4.39 Å². The molecule has 4 nitrogen and oxygen atoms in total. The third kappa shape index (κ3) is 2.82. The Morgan fingerprint density at radius 1 is 1.40 bits per heavy atom. The maximum atomic E-state index is 14.3. The number of methoxy groups -OCH3 is 1. The molecule has 0 atom stereocenters. The van der Waals surface area contributed by atoms with Gasteiger partial charge in [-0.3, -0.25) is 4.98 Å². The number of ether oxygens (including phenoxy) is 2. The molecule has 0 N–H and O–H groups in total. The van der Waals surface area contributed by atoms with Crippen LogP contribution in [0.3, 0.4) is 0 Å². The van der Waals surface area contributed by atoms with Crippen LogP contribution in [0.15, 0.2) is 24.5 Å². The minimum absolute atomic E-state index is 0.0926. The highest BCUT2D eigenvalue weighted by molar-refractivity contribution is 6.32. The lowest BCUT2D eigenvalue weighted by atomic mass is 10.2. The van der Waals surface area contributed by atoms with Crippen LogP contribution in [0.2, 0.25) is 5.02 Å². The van der Waals surface area contributed by atoms with E-state index in [2.05, 4.69) is 9.97 Å². The Hall–Kier alpha value is -1.88. The van der Waals surface area contributed by atoms with Crippen molar-refractivity contribution in [1.29, 1.82) is 0 Å². The van der Waals surface area contributed by atoms with Gasteiger partial charge in [0, 0.05) is 18.0 Å². The van der Waals surface area contributed by atoms with Crippen molar-refractivity contribution in [2.75, 3.05) is 13.7 Å². The third-order valence-corrected chi connectivity index (χ3v) is 2.93. The quantitative estimate of drug-likeness (QED) is 0.843. The van der Waals surface area contributed by atoms with E-state index in [0.717, 1.165) is 6.42 Å². The smallest absolute Gasteiger partial charge is 0.259 e. The molecular weight excluding hydrogens is 283 g/mol. The van der Waals surface area contributed by atoms with E-state index in [1.54, 1.807) is 18.3 Å². The van der Waals surface area contributed by atoms with Gasteiger partial charge in [0.05, 0.1) is 13.7 Å². The number of nitrogens with zero attached hydrogens (tertiary/aromatic N) is 2. The van der Waals surface area contributed by atoms with Crippen molar-refractivity contribution >= 4 is 11.6 Å². The van der Waals surface area contributed by atoms with Gasteiger partial charge in [0.15, 0.2) is 5.82 Å². The summed E-state index contributed by atoms with van der Waals surface area (Å²) in [6.45, 7) is 2.40. The molecule has 6 heteroatoms. The van der Waals surface area contributed by atoms with Crippen LogP contribution in [-0.2, 0) is 0 Å². The van der Waals surface area contributed by atoms with Gasteiger partial charge in [0.1, 0.15) is 10.7 Å². The lowest BCUT2D eigenvalue weighted by Gasteiger charge is -2.13. The summed E-state index contributed by atoms with van der Waals surface area (Å²) in [7, 11) is 1.39. The second-order valence-corrected chi connectivity index (χ2v) is 4.39. The van der Waals surface area contributed by atoms with Gasteiger partial charge in [0.25, 0.3) is 5.88 Å². The molecule has 2 aromatic rings. The molecule has 0 spiro atoms. The van der Waals surface area contributed by atoms with Crippen molar-refractivity contribution < 1.29 is 13.9 Å². The van der Waals surface area contributed by atoms with Gasteiger partial charge in [-0.05, 0) is 18.6 Å². The maximum Gasteiger partial charge on any atom is 0.259 e. The summed E-state index contributed by atoms with van der Waals surface area (Å²) >= 11 is 5.99. The van der Waals surface area contributed by atoms with Crippen molar-refractivity contribution in [2.45, 2.75) is 13.3 Å². The third-order valence-electron chi connectivity index (χ3n) is 2.59. The molecule has 0 bridgehead atoms. The Kier molecular flexibility index (Phi) is 4.74. The van der Waals surface area contributed by atoms with Crippen LogP contribution in [0.1, 0.15) is 13.3 Å². The standard InChI is InChI=1S/C14H14ClFN2O2/c1-3-7-20-14-13(19-2)10(15)11(16)12(18-14)9-5-4-6-17-8-9/h4-6,8H,3,7H2,1-2H3. The van der Waals surface area contributed by atoms with Gasteiger partial charge in [-0.1, -0.05) is 18.5 Å². The lowest BCUT2D eigenvalue weighted by Crippen LogP contribution is -2.04. The average Bonchev–Trinajstić information content (AvgIpc) is 2.49. The zero-order valence-electron chi connectivity index (χ0n) is 11.2. The van der Waals surface area contributed by atoms with Crippen molar-refractivity contribution in [3.8, 4) is 22.9 Å². The van der Waals surface area contributed by atoms with Crippen molar-refractivity contribution in [1.82, 2.24) is 9.97 Å². The van der Waals surface area contributed by atoms with Gasteiger partial charge in [-0.2, -0.15) is 0 Å². The Bertz CT molecular complexity index is 593. The second kappa shape index (κ2) is 6.52. The van der Waals surface area contributed by atoms with E-state index in [-0.39, 0.29) is 22.3 Å². The minimum atomic E-state index is -0.652. The monoisotopic (exact) mass is 296 g/mol. The molecule has 0 radical (unpaired) electrons. The lowest BCUT2D eigenvalue weighted by molar-refractivity contribution is 0.281. The van der Waals surface area contributed by atoms with E-state index in [4.69, 9.17) is 21.1 Å². The number of rotatable bonds is 5. The minimum Gasteiger partial charge on any atom is -0.490 e. The number of aromatic nitrogens is 2. The van der Waals surface area contributed by atoms with Crippen LogP contribution >= 0.6 is 11.6 Å². The number of hydrogen-bond acceptors (Lipinski definition) is 4. The molecule has 20 heavy (non-hydrogen) atoms. The number of hydrogen-bond donors (Lipinski definition) is 0. The molecule has 106 valence electrons. The first-order valence-electron chi connectivity index (χ1n) is 6.15. The molecule has 0 saturated carbocycles. The van der Waals surface area contributed by atoms with Gasteiger partial charge in [-0.15, -0.1) is 0 Å². The Balaban J connectivity index is 2.55. The van der Waals surface area contributed by atoms with Crippen molar-refractivity contribution in [3.05, 3.63) is 35.4 Å². The van der Waals surface area contributed by atoms with E-state index < -0.39 is 5.82 Å². The molecule has 0 aliphatic rings. The molecule has 0 saturated heterocycles. The van der Waals surface area contributed by atoms with Crippen LogP contribution in [0, 0.1) is 5.82 Å². The van der Waals surface area contributed by atoms with Crippen molar-refractivity contribution in [2.24, 2.45) is 0 Å². The topological polar surface area (TPSA) is 44.2 Å². The summed E-state index contributed by atoms with van der Waals surface area (Å²) in [4.78, 5) is 8.11. The summed E-state index contributed by atoms with van der Waals surface area (Å²) in [5.74, 6) is -0.370. The summed E-state index contributed by atoms with van der Waals surface area (Å²) < 4.78 is 24.8. The summed E-state index contributed by atoms with van der Waals surface area (Å²) in [5.41, 5.74) is 0.617. The largest absolute Gasteiger partial charge is 0.490 e. The molecule has 0 amide bonds. The second-order valence-electron chi connectivity index (χ2n) is 4.02. The number of pyridine rings is 2. The fraction of sp³-hybridized carbons (Fsp3) is 0.286. The fourth-order valence-corrected chi connectivity index (χ4v) is 1.91. The SMILES string of the molecule is CCCOc1nc(-c2cccnc2)c(F)c(Cl)c1OC. The summed E-state index contributed by atoms with van der Waals surface area (Å²) in [5, 5.41) is -0.146. The normalized spacial score (nSPS) is 10.4. The number of halogens is 2. The zero-order valence-corrected chi connectivity index (χ0v) is 11.9. The molecule has 0 fully saturated rings. The van der Waals surface area contributed by atoms with Gasteiger partial charge >= 0.3 is 0 Å². The molecule has 0 aliphatic heterocycles. The van der Waals surface area contributed by atoms with Crippen LogP contribution in [0.4, 0.5) is 4.39 Å². The molecule has 0 aromatic carbocycles. The fourth-order valence-electron chi connectivity index (χ4n) is 1.67. The van der Waals surface area contributed by atoms with E-state index in [1.807, 2.05) is 6.92 Å². The van der Waals surface area contributed by atoms with Crippen molar-refractivity contribution in [3.63, 3.8) is 0 Å². The Morgan fingerprint density at radius 3 is 2.80 bits per heavy atom. The molecular formula is C14H14ClFN2O2. The first-order valence-corrected chi connectivity index (χ1v) is 6.53. The van der Waals surface area contributed by atoms with Gasteiger partial charge in [0.2, 0.25) is 5.75 Å². The van der Waals surface area contributed by atoms with Gasteiger partial charge in [-0.25, -0.2) is 9.37 Å². The summed E-state index contributed by atoms with van der Waals surface area (Å²) in [6.07, 6.45) is 3.90. The van der Waals surface area contributed by atoms with Crippen LogP contribution in [0.25, 0.3) is 11.3 Å². The highest BCUT2D eigenvalue weighted by atomic mass is 35.5. The van der Waals surface area contributed by atoms with Crippen LogP contribution < -0.4 is 9.47 Å².